The van der Waals surface area contributed by atoms with Crippen LogP contribution in [0.25, 0.3) is 0 Å². The second kappa shape index (κ2) is 5.15. The summed E-state index contributed by atoms with van der Waals surface area (Å²) in [5.41, 5.74) is 0. The second-order valence-electron chi connectivity index (χ2n) is 5.18. The first-order chi connectivity index (χ1) is 7.66. The molecule has 0 aromatic rings. The average Bonchev–Trinajstić information content (AvgIpc) is 3.10. The molecular weight excluding hydrogens is 202 g/mol. The van der Waals surface area contributed by atoms with Gasteiger partial charge < -0.3 is 10.2 Å². The van der Waals surface area contributed by atoms with E-state index in [0.717, 1.165) is 32.2 Å². The van der Waals surface area contributed by atoms with Crippen LogP contribution in [0.2, 0.25) is 0 Å². The van der Waals surface area contributed by atoms with E-state index in [1.165, 1.54) is 12.8 Å². The van der Waals surface area contributed by atoms with Crippen molar-refractivity contribution in [2.75, 3.05) is 32.7 Å². The number of hydrogen-bond donors (Lipinski definition) is 1. The van der Waals surface area contributed by atoms with Crippen molar-refractivity contribution in [1.29, 1.82) is 0 Å². The fourth-order valence-electron chi connectivity index (χ4n) is 2.18. The largest absolute Gasteiger partial charge is 0.339 e. The molecule has 1 amide bonds. The van der Waals surface area contributed by atoms with Crippen LogP contribution in [0.1, 0.15) is 26.7 Å². The number of piperazine rings is 1. The van der Waals surface area contributed by atoms with Crippen LogP contribution >= 0.6 is 0 Å². The number of hydrogen-bond acceptors (Lipinski definition) is 3. The highest BCUT2D eigenvalue weighted by Crippen LogP contribution is 2.27. The van der Waals surface area contributed by atoms with E-state index in [0.29, 0.717) is 12.6 Å². The van der Waals surface area contributed by atoms with Crippen LogP contribution in [0.15, 0.2) is 0 Å². The number of amides is 1. The van der Waals surface area contributed by atoms with E-state index in [9.17, 15) is 4.79 Å². The minimum atomic E-state index is 0.254. The Balaban J connectivity index is 1.68. The molecule has 1 aliphatic carbocycles. The van der Waals surface area contributed by atoms with E-state index in [4.69, 9.17) is 0 Å². The molecule has 0 radical (unpaired) electrons. The third-order valence-electron chi connectivity index (χ3n) is 3.39. The monoisotopic (exact) mass is 225 g/mol. The minimum Gasteiger partial charge on any atom is -0.339 e. The normalized spacial score (nSPS) is 22.8. The molecule has 0 bridgehead atoms. The van der Waals surface area contributed by atoms with Crippen molar-refractivity contribution in [3.05, 3.63) is 0 Å². The first-order valence-electron chi connectivity index (χ1n) is 6.42. The highest BCUT2D eigenvalue weighted by Gasteiger charge is 2.31. The molecule has 2 aliphatic rings. The standard InChI is InChI=1S/C12H23N3O/c1-10(2)13-9-12(16)15-7-5-14(6-8-15)11-3-4-11/h10-11,13H,3-9H2,1-2H3. The second-order valence-corrected chi connectivity index (χ2v) is 5.18. The van der Waals surface area contributed by atoms with Gasteiger partial charge in [0, 0.05) is 38.3 Å². The molecule has 1 aliphatic heterocycles. The van der Waals surface area contributed by atoms with Gasteiger partial charge in [0.05, 0.1) is 6.54 Å². The Kier molecular flexibility index (Phi) is 3.82. The van der Waals surface area contributed by atoms with Crippen molar-refractivity contribution in [3.63, 3.8) is 0 Å². The third-order valence-corrected chi connectivity index (χ3v) is 3.39. The Morgan fingerprint density at radius 2 is 1.88 bits per heavy atom. The number of rotatable bonds is 4. The lowest BCUT2D eigenvalue weighted by Gasteiger charge is -2.35. The van der Waals surface area contributed by atoms with E-state index in [-0.39, 0.29) is 5.91 Å². The molecule has 0 spiro atoms. The predicted octanol–water partition coefficient (Wildman–Crippen LogP) is 0.291. The summed E-state index contributed by atoms with van der Waals surface area (Å²) in [7, 11) is 0. The summed E-state index contributed by atoms with van der Waals surface area (Å²) in [4.78, 5) is 16.4. The van der Waals surface area contributed by atoms with Crippen LogP contribution in [0, 0.1) is 0 Å². The van der Waals surface area contributed by atoms with E-state index in [1.54, 1.807) is 0 Å². The summed E-state index contributed by atoms with van der Waals surface area (Å²) in [6.07, 6.45) is 2.73. The van der Waals surface area contributed by atoms with Crippen molar-refractivity contribution in [2.24, 2.45) is 0 Å². The van der Waals surface area contributed by atoms with Crippen LogP contribution in [0.5, 0.6) is 0 Å². The first kappa shape index (κ1) is 11.9. The quantitative estimate of drug-likeness (QED) is 0.747. The topological polar surface area (TPSA) is 35.6 Å². The molecule has 2 fully saturated rings. The van der Waals surface area contributed by atoms with Gasteiger partial charge >= 0.3 is 0 Å². The third kappa shape index (κ3) is 3.19. The van der Waals surface area contributed by atoms with Gasteiger partial charge in [0.1, 0.15) is 0 Å². The van der Waals surface area contributed by atoms with Gasteiger partial charge in [-0.05, 0) is 12.8 Å². The lowest BCUT2D eigenvalue weighted by atomic mass is 10.3. The van der Waals surface area contributed by atoms with Gasteiger partial charge in [-0.3, -0.25) is 9.69 Å². The SMILES string of the molecule is CC(C)NCC(=O)N1CCN(C2CC2)CC1. The maximum Gasteiger partial charge on any atom is 0.236 e. The lowest BCUT2D eigenvalue weighted by Crippen LogP contribution is -2.51. The molecule has 4 nitrogen and oxygen atoms in total. The molecule has 1 saturated heterocycles. The molecule has 1 N–H and O–H groups in total. The van der Waals surface area contributed by atoms with Gasteiger partial charge in [0.15, 0.2) is 0 Å². The summed E-state index contributed by atoms with van der Waals surface area (Å²) >= 11 is 0. The Bertz CT molecular complexity index is 243. The lowest BCUT2D eigenvalue weighted by molar-refractivity contribution is -0.132. The summed E-state index contributed by atoms with van der Waals surface area (Å²) < 4.78 is 0. The number of carbonyl (C=O) groups is 1. The maximum atomic E-state index is 11.8. The van der Waals surface area contributed by atoms with Crippen molar-refractivity contribution in [1.82, 2.24) is 15.1 Å². The zero-order valence-electron chi connectivity index (χ0n) is 10.4. The van der Waals surface area contributed by atoms with Gasteiger partial charge in [-0.2, -0.15) is 0 Å². The summed E-state index contributed by atoms with van der Waals surface area (Å²) in [5.74, 6) is 0.254. The Morgan fingerprint density at radius 1 is 1.25 bits per heavy atom. The Hall–Kier alpha value is -0.610. The summed E-state index contributed by atoms with van der Waals surface area (Å²) in [6.45, 7) is 8.58. The highest BCUT2D eigenvalue weighted by atomic mass is 16.2. The van der Waals surface area contributed by atoms with E-state index in [1.807, 2.05) is 4.90 Å². The smallest absolute Gasteiger partial charge is 0.236 e. The first-order valence-corrected chi connectivity index (χ1v) is 6.42. The number of nitrogens with zero attached hydrogens (tertiary/aromatic N) is 2. The Labute approximate surface area is 98.0 Å². The van der Waals surface area contributed by atoms with Crippen molar-refractivity contribution < 1.29 is 4.79 Å². The van der Waals surface area contributed by atoms with Crippen LogP contribution in [0.4, 0.5) is 0 Å². The number of carbonyl (C=O) groups excluding carboxylic acids is 1. The van der Waals surface area contributed by atoms with Crippen LogP contribution in [-0.4, -0.2) is 60.5 Å². The highest BCUT2D eigenvalue weighted by molar-refractivity contribution is 5.78. The average molecular weight is 225 g/mol. The van der Waals surface area contributed by atoms with Crippen LogP contribution in [-0.2, 0) is 4.79 Å². The molecule has 0 aromatic heterocycles. The van der Waals surface area contributed by atoms with Crippen LogP contribution in [0.3, 0.4) is 0 Å². The molecular formula is C12H23N3O. The van der Waals surface area contributed by atoms with Crippen molar-refractivity contribution >= 4 is 5.91 Å². The fourth-order valence-corrected chi connectivity index (χ4v) is 2.18. The predicted molar refractivity (Wildman–Crippen MR) is 64.3 cm³/mol. The van der Waals surface area contributed by atoms with Crippen molar-refractivity contribution in [2.45, 2.75) is 38.8 Å². The molecule has 0 unspecified atom stereocenters. The van der Waals surface area contributed by atoms with E-state index < -0.39 is 0 Å². The van der Waals surface area contributed by atoms with E-state index in [2.05, 4.69) is 24.1 Å². The maximum absolute atomic E-state index is 11.8. The molecule has 2 rings (SSSR count). The summed E-state index contributed by atoms with van der Waals surface area (Å²) in [6, 6.07) is 1.22. The van der Waals surface area contributed by atoms with Gasteiger partial charge in [0.2, 0.25) is 5.91 Å². The summed E-state index contributed by atoms with van der Waals surface area (Å²) in [5, 5.41) is 3.18. The van der Waals surface area contributed by atoms with E-state index >= 15 is 0 Å². The Morgan fingerprint density at radius 3 is 2.38 bits per heavy atom. The molecule has 0 atom stereocenters. The van der Waals surface area contributed by atoms with Crippen LogP contribution < -0.4 is 5.32 Å². The zero-order chi connectivity index (χ0) is 11.5. The molecule has 92 valence electrons. The molecule has 4 heteroatoms. The molecule has 16 heavy (non-hydrogen) atoms. The fraction of sp³-hybridized carbons (Fsp3) is 0.917. The van der Waals surface area contributed by atoms with Gasteiger partial charge in [-0.15, -0.1) is 0 Å². The molecule has 1 heterocycles. The van der Waals surface area contributed by atoms with Gasteiger partial charge in [-0.25, -0.2) is 0 Å². The molecule has 0 aromatic carbocycles. The number of nitrogens with one attached hydrogen (secondary N) is 1. The van der Waals surface area contributed by atoms with Gasteiger partial charge in [0.25, 0.3) is 0 Å². The van der Waals surface area contributed by atoms with Gasteiger partial charge in [-0.1, -0.05) is 13.8 Å². The minimum absolute atomic E-state index is 0.254. The zero-order valence-corrected chi connectivity index (χ0v) is 10.4. The van der Waals surface area contributed by atoms with Crippen molar-refractivity contribution in [3.8, 4) is 0 Å². The molecule has 1 saturated carbocycles.